The number of hydrogen-bond acceptors (Lipinski definition) is 6. The Hall–Kier alpha value is -4.47. The SMILES string of the molecule is CC[C@@H](C)c1ccc2oc(-c3ccc(NC(=O)Cn4cnc5c4c(=O)n(C)c(=O)n5C)cc3)nc2c1. The van der Waals surface area contributed by atoms with Crippen molar-refractivity contribution >= 4 is 33.9 Å². The normalized spacial score (nSPS) is 12.3. The number of fused-ring (bicyclic) bond motifs is 2. The van der Waals surface area contributed by atoms with Gasteiger partial charge in [0, 0.05) is 25.3 Å². The van der Waals surface area contributed by atoms with Gasteiger partial charge in [-0.3, -0.25) is 18.7 Å². The fourth-order valence-corrected chi connectivity index (χ4v) is 4.18. The van der Waals surface area contributed by atoms with Crippen molar-refractivity contribution in [1.29, 1.82) is 0 Å². The molecule has 36 heavy (non-hydrogen) atoms. The van der Waals surface area contributed by atoms with Gasteiger partial charge in [0.25, 0.3) is 5.56 Å². The van der Waals surface area contributed by atoms with Crippen molar-refractivity contribution in [1.82, 2.24) is 23.7 Å². The van der Waals surface area contributed by atoms with Crippen molar-refractivity contribution in [3.05, 3.63) is 75.2 Å². The maximum Gasteiger partial charge on any atom is 0.332 e. The van der Waals surface area contributed by atoms with Crippen LogP contribution in [0.2, 0.25) is 0 Å². The van der Waals surface area contributed by atoms with E-state index in [0.29, 0.717) is 17.5 Å². The molecule has 0 unspecified atom stereocenters. The first-order valence-corrected chi connectivity index (χ1v) is 11.7. The van der Waals surface area contributed by atoms with Crippen molar-refractivity contribution in [3.8, 4) is 11.5 Å². The lowest BCUT2D eigenvalue weighted by Crippen LogP contribution is -2.37. The molecule has 0 saturated carbocycles. The van der Waals surface area contributed by atoms with Crippen LogP contribution in [0.1, 0.15) is 31.7 Å². The number of rotatable bonds is 6. The van der Waals surface area contributed by atoms with Crippen LogP contribution in [0, 0.1) is 0 Å². The van der Waals surface area contributed by atoms with Crippen LogP contribution < -0.4 is 16.6 Å². The van der Waals surface area contributed by atoms with Crippen LogP contribution in [-0.4, -0.2) is 29.6 Å². The number of nitrogens with one attached hydrogen (secondary N) is 1. The van der Waals surface area contributed by atoms with E-state index in [1.165, 1.54) is 35.1 Å². The largest absolute Gasteiger partial charge is 0.436 e. The Labute approximate surface area is 205 Å². The van der Waals surface area contributed by atoms with Crippen molar-refractivity contribution in [2.75, 3.05) is 5.32 Å². The predicted molar refractivity (Wildman–Crippen MR) is 137 cm³/mol. The molecule has 0 bridgehead atoms. The van der Waals surface area contributed by atoms with E-state index in [1.807, 2.05) is 18.2 Å². The van der Waals surface area contributed by atoms with Gasteiger partial charge in [-0.25, -0.2) is 14.8 Å². The third-order valence-corrected chi connectivity index (χ3v) is 6.54. The Morgan fingerprint density at radius 2 is 1.83 bits per heavy atom. The van der Waals surface area contributed by atoms with Crippen molar-refractivity contribution < 1.29 is 9.21 Å². The van der Waals surface area contributed by atoms with Crippen LogP contribution in [0.5, 0.6) is 0 Å². The van der Waals surface area contributed by atoms with E-state index in [-0.39, 0.29) is 23.6 Å². The second kappa shape index (κ2) is 8.95. The summed E-state index contributed by atoms with van der Waals surface area (Å²) < 4.78 is 9.64. The number of aryl methyl sites for hydroxylation is 1. The van der Waals surface area contributed by atoms with Crippen LogP contribution >= 0.6 is 0 Å². The van der Waals surface area contributed by atoms with Gasteiger partial charge < -0.3 is 14.3 Å². The van der Waals surface area contributed by atoms with Crippen LogP contribution in [0.4, 0.5) is 5.69 Å². The van der Waals surface area contributed by atoms with Crippen molar-refractivity contribution in [2.24, 2.45) is 14.1 Å². The summed E-state index contributed by atoms with van der Waals surface area (Å²) in [7, 11) is 2.93. The maximum atomic E-state index is 12.7. The molecule has 1 N–H and O–H groups in total. The minimum Gasteiger partial charge on any atom is -0.436 e. The van der Waals surface area contributed by atoms with E-state index in [4.69, 9.17) is 4.42 Å². The first-order valence-electron chi connectivity index (χ1n) is 11.7. The second-order valence-corrected chi connectivity index (χ2v) is 8.93. The average molecular weight is 487 g/mol. The highest BCUT2D eigenvalue weighted by atomic mass is 16.3. The summed E-state index contributed by atoms with van der Waals surface area (Å²) >= 11 is 0. The van der Waals surface area contributed by atoms with Crippen LogP contribution in [0.25, 0.3) is 33.7 Å². The molecule has 0 fully saturated rings. The summed E-state index contributed by atoms with van der Waals surface area (Å²) in [5, 5.41) is 2.82. The molecule has 10 nitrogen and oxygen atoms in total. The molecule has 2 aromatic carbocycles. The summed E-state index contributed by atoms with van der Waals surface area (Å²) in [4.78, 5) is 46.1. The topological polar surface area (TPSA) is 117 Å². The van der Waals surface area contributed by atoms with Crippen LogP contribution in [-0.2, 0) is 25.4 Å². The predicted octanol–water partition coefficient (Wildman–Crippen LogP) is 3.39. The summed E-state index contributed by atoms with van der Waals surface area (Å²) in [6.07, 6.45) is 2.44. The van der Waals surface area contributed by atoms with E-state index in [1.54, 1.807) is 12.1 Å². The lowest BCUT2D eigenvalue weighted by atomic mass is 9.98. The van der Waals surface area contributed by atoms with Crippen LogP contribution in [0.3, 0.4) is 0 Å². The number of hydrogen-bond donors (Lipinski definition) is 1. The number of oxazole rings is 1. The Balaban J connectivity index is 1.33. The number of aromatic nitrogens is 5. The van der Waals surface area contributed by atoms with Gasteiger partial charge in [-0.15, -0.1) is 0 Å². The molecule has 0 aliphatic carbocycles. The molecule has 5 aromatic rings. The molecule has 3 heterocycles. The highest BCUT2D eigenvalue weighted by molar-refractivity contribution is 5.91. The van der Waals surface area contributed by atoms with Gasteiger partial charge >= 0.3 is 5.69 Å². The Kier molecular flexibility index (Phi) is 5.79. The lowest BCUT2D eigenvalue weighted by molar-refractivity contribution is -0.116. The lowest BCUT2D eigenvalue weighted by Gasteiger charge is -2.08. The van der Waals surface area contributed by atoms with Crippen molar-refractivity contribution in [3.63, 3.8) is 0 Å². The van der Waals surface area contributed by atoms with Gasteiger partial charge in [0.1, 0.15) is 12.1 Å². The molecule has 0 aliphatic heterocycles. The zero-order chi connectivity index (χ0) is 25.6. The fourth-order valence-electron chi connectivity index (χ4n) is 4.18. The first kappa shape index (κ1) is 23.3. The summed E-state index contributed by atoms with van der Waals surface area (Å²) in [6.45, 7) is 4.22. The Morgan fingerprint density at radius 3 is 2.56 bits per heavy atom. The summed E-state index contributed by atoms with van der Waals surface area (Å²) in [6, 6.07) is 13.3. The molecule has 10 heteroatoms. The highest BCUT2D eigenvalue weighted by Crippen LogP contribution is 2.28. The van der Waals surface area contributed by atoms with Gasteiger partial charge in [0.05, 0.1) is 6.33 Å². The molecule has 5 rings (SSSR count). The molecular formula is C26H26N6O4. The minimum absolute atomic E-state index is 0.130. The molecule has 1 amide bonds. The van der Waals surface area contributed by atoms with Gasteiger partial charge in [0.15, 0.2) is 16.7 Å². The molecule has 3 aromatic heterocycles. The second-order valence-electron chi connectivity index (χ2n) is 8.93. The summed E-state index contributed by atoms with van der Waals surface area (Å²) in [5.74, 6) is 0.626. The monoisotopic (exact) mass is 486 g/mol. The molecule has 0 radical (unpaired) electrons. The highest BCUT2D eigenvalue weighted by Gasteiger charge is 2.16. The fraction of sp³-hybridized carbons (Fsp3) is 0.269. The minimum atomic E-state index is -0.502. The number of anilines is 1. The third kappa shape index (κ3) is 4.00. The molecule has 0 spiro atoms. The molecule has 1 atom stereocenters. The molecular weight excluding hydrogens is 460 g/mol. The van der Waals surface area contributed by atoms with E-state index in [9.17, 15) is 14.4 Å². The van der Waals surface area contributed by atoms with E-state index in [2.05, 4.69) is 41.3 Å². The first-order chi connectivity index (χ1) is 17.3. The van der Waals surface area contributed by atoms with E-state index >= 15 is 0 Å². The standard InChI is InChI=1S/C26H26N6O4/c1-5-15(2)17-8-11-20-19(12-17)29-24(36-20)16-6-9-18(10-7-16)28-21(33)13-32-14-27-23-22(32)25(34)31(4)26(35)30(23)3/h6-12,14-15H,5,13H2,1-4H3,(H,28,33)/t15-/m1/s1. The number of imidazole rings is 1. The number of benzene rings is 2. The Bertz CT molecular complexity index is 1720. The van der Waals surface area contributed by atoms with E-state index < -0.39 is 11.2 Å². The van der Waals surface area contributed by atoms with Gasteiger partial charge in [-0.05, 0) is 54.3 Å². The third-order valence-electron chi connectivity index (χ3n) is 6.54. The van der Waals surface area contributed by atoms with E-state index in [0.717, 1.165) is 27.7 Å². The quantitative estimate of drug-likeness (QED) is 0.393. The maximum absolute atomic E-state index is 12.7. The average Bonchev–Trinajstić information content (AvgIpc) is 3.50. The van der Waals surface area contributed by atoms with Gasteiger partial charge in [-0.1, -0.05) is 19.9 Å². The Morgan fingerprint density at radius 1 is 1.08 bits per heavy atom. The summed E-state index contributed by atoms with van der Waals surface area (Å²) in [5.41, 5.74) is 3.60. The number of carbonyl (C=O) groups excluding carboxylic acids is 1. The molecule has 184 valence electrons. The number of amides is 1. The molecule has 0 aliphatic rings. The number of carbonyl (C=O) groups is 1. The van der Waals surface area contributed by atoms with Crippen molar-refractivity contribution in [2.45, 2.75) is 32.7 Å². The van der Waals surface area contributed by atoms with Gasteiger partial charge in [-0.2, -0.15) is 0 Å². The zero-order valence-corrected chi connectivity index (χ0v) is 20.5. The zero-order valence-electron chi connectivity index (χ0n) is 20.5. The van der Waals surface area contributed by atoms with Crippen LogP contribution in [0.15, 0.2) is 62.8 Å². The van der Waals surface area contributed by atoms with Gasteiger partial charge in [0.2, 0.25) is 11.8 Å². The smallest absolute Gasteiger partial charge is 0.332 e. The molecule has 0 saturated heterocycles. The number of nitrogens with zero attached hydrogens (tertiary/aromatic N) is 5.